The number of rotatable bonds is 7. The molecule has 0 fully saturated rings. The number of hydrogen-bond acceptors (Lipinski definition) is 6. The topological polar surface area (TPSA) is 92.3 Å². The number of pyridine rings is 1. The number of aromatic nitrogens is 2. The number of anilines is 1. The lowest BCUT2D eigenvalue weighted by molar-refractivity contribution is 0.0756. The second-order valence-electron chi connectivity index (χ2n) is 8.29. The van der Waals surface area contributed by atoms with Gasteiger partial charge in [0.2, 0.25) is 0 Å². The molecule has 0 bridgehead atoms. The van der Waals surface area contributed by atoms with E-state index in [1.165, 1.54) is 36.1 Å². The summed E-state index contributed by atoms with van der Waals surface area (Å²) in [7, 11) is -2.46. The van der Waals surface area contributed by atoms with Crippen LogP contribution in [0.5, 0.6) is 0 Å². The molecule has 2 heterocycles. The van der Waals surface area contributed by atoms with Gasteiger partial charge in [-0.2, -0.15) is 12.8 Å². The first-order valence-electron chi connectivity index (χ1n) is 11.2. The monoisotopic (exact) mass is 548 g/mol. The zero-order valence-electron chi connectivity index (χ0n) is 19.6. The maximum absolute atomic E-state index is 13.9. The van der Waals surface area contributed by atoms with Crippen molar-refractivity contribution in [3.8, 4) is 0 Å². The molecule has 7 nitrogen and oxygen atoms in total. The van der Waals surface area contributed by atoms with E-state index in [1.54, 1.807) is 24.1 Å². The smallest absolute Gasteiger partial charge is 0.280 e. The number of halogens is 1. The highest BCUT2D eigenvalue weighted by Gasteiger charge is 2.28. The van der Waals surface area contributed by atoms with Crippen LogP contribution in [0.15, 0.2) is 102 Å². The average molecular weight is 549 g/mol. The van der Waals surface area contributed by atoms with Crippen molar-refractivity contribution < 1.29 is 13.2 Å². The molecule has 0 unspecified atom stereocenters. The number of nitrogens with one attached hydrogen (secondary N) is 1. The Labute approximate surface area is 223 Å². The largest absolute Gasteiger partial charge is 0.330 e. The SMILES string of the molecule is CN(C(=O)c1ccc(Cl)cc1NS(=O)(=O)c1nccc2sncc12)C(c1ccccc1)c1ccccc1. The lowest BCUT2D eigenvalue weighted by atomic mass is 9.96. The molecule has 37 heavy (non-hydrogen) atoms. The van der Waals surface area contributed by atoms with Gasteiger partial charge in [-0.15, -0.1) is 0 Å². The number of carbonyl (C=O) groups excluding carboxylic acids is 1. The molecule has 0 spiro atoms. The van der Waals surface area contributed by atoms with E-state index in [0.717, 1.165) is 11.1 Å². The fraction of sp³-hybridized carbons (Fsp3) is 0.0741. The summed E-state index contributed by atoms with van der Waals surface area (Å²) in [5.74, 6) is -0.379. The molecule has 10 heteroatoms. The van der Waals surface area contributed by atoms with Crippen LogP contribution in [0.2, 0.25) is 5.02 Å². The summed E-state index contributed by atoms with van der Waals surface area (Å²) in [6.45, 7) is 0. The fourth-order valence-corrected chi connectivity index (χ4v) is 6.27. The summed E-state index contributed by atoms with van der Waals surface area (Å²) >= 11 is 7.40. The number of sulfonamides is 1. The van der Waals surface area contributed by atoms with Crippen molar-refractivity contribution >= 4 is 54.8 Å². The van der Waals surface area contributed by atoms with Crippen LogP contribution in [0.1, 0.15) is 27.5 Å². The van der Waals surface area contributed by atoms with E-state index in [9.17, 15) is 13.2 Å². The van der Waals surface area contributed by atoms with Gasteiger partial charge in [-0.25, -0.2) is 4.98 Å². The average Bonchev–Trinajstić information content (AvgIpc) is 3.39. The van der Waals surface area contributed by atoms with Crippen LogP contribution < -0.4 is 4.72 Å². The molecular weight excluding hydrogens is 528 g/mol. The van der Waals surface area contributed by atoms with Gasteiger partial charge in [0.15, 0.2) is 5.03 Å². The van der Waals surface area contributed by atoms with Crippen molar-refractivity contribution in [1.82, 2.24) is 14.3 Å². The molecule has 0 aliphatic heterocycles. The highest BCUT2D eigenvalue weighted by Crippen LogP contribution is 2.32. The van der Waals surface area contributed by atoms with Crippen molar-refractivity contribution in [1.29, 1.82) is 0 Å². The molecule has 0 saturated carbocycles. The molecule has 0 aliphatic carbocycles. The lowest BCUT2D eigenvalue weighted by Crippen LogP contribution is -2.32. The maximum atomic E-state index is 13.9. The molecule has 0 radical (unpaired) electrons. The summed E-state index contributed by atoms with van der Waals surface area (Å²) in [4.78, 5) is 19.5. The minimum absolute atomic E-state index is 0.0613. The van der Waals surface area contributed by atoms with Crippen molar-refractivity contribution in [2.45, 2.75) is 11.1 Å². The zero-order valence-corrected chi connectivity index (χ0v) is 22.0. The lowest BCUT2D eigenvalue weighted by Gasteiger charge is -2.30. The van der Waals surface area contributed by atoms with Crippen molar-refractivity contribution in [3.63, 3.8) is 0 Å². The Bertz CT molecular complexity index is 1640. The van der Waals surface area contributed by atoms with Gasteiger partial charge < -0.3 is 4.90 Å². The number of amides is 1. The van der Waals surface area contributed by atoms with Gasteiger partial charge in [-0.05, 0) is 46.9 Å². The molecule has 0 saturated heterocycles. The Morgan fingerprint density at radius 1 is 0.973 bits per heavy atom. The van der Waals surface area contributed by atoms with Gasteiger partial charge in [-0.3, -0.25) is 9.52 Å². The number of nitrogens with zero attached hydrogens (tertiary/aromatic N) is 3. The van der Waals surface area contributed by atoms with E-state index < -0.39 is 16.1 Å². The van der Waals surface area contributed by atoms with Crippen LogP contribution in [-0.4, -0.2) is 35.6 Å². The Balaban J connectivity index is 1.54. The van der Waals surface area contributed by atoms with Crippen LogP contribution in [0, 0.1) is 0 Å². The summed E-state index contributed by atoms with van der Waals surface area (Å²) in [5, 5.41) is 0.514. The van der Waals surface area contributed by atoms with Crippen LogP contribution >= 0.6 is 23.1 Å². The van der Waals surface area contributed by atoms with Gasteiger partial charge in [0, 0.05) is 18.3 Å². The third-order valence-corrected chi connectivity index (χ3v) is 8.22. The second-order valence-corrected chi connectivity index (χ2v) is 11.2. The molecule has 2 aromatic heterocycles. The van der Waals surface area contributed by atoms with Crippen LogP contribution in [-0.2, 0) is 10.0 Å². The van der Waals surface area contributed by atoms with E-state index >= 15 is 0 Å². The predicted octanol–water partition coefficient (Wildman–Crippen LogP) is 6.01. The molecule has 1 amide bonds. The number of hydrogen-bond donors (Lipinski definition) is 1. The minimum atomic E-state index is -4.16. The normalized spacial score (nSPS) is 11.5. The first-order chi connectivity index (χ1) is 17.8. The van der Waals surface area contributed by atoms with E-state index in [0.29, 0.717) is 10.1 Å². The second kappa shape index (κ2) is 10.3. The minimum Gasteiger partial charge on any atom is -0.330 e. The highest BCUT2D eigenvalue weighted by molar-refractivity contribution is 7.92. The van der Waals surface area contributed by atoms with E-state index in [-0.39, 0.29) is 27.2 Å². The van der Waals surface area contributed by atoms with Gasteiger partial charge >= 0.3 is 0 Å². The molecule has 1 N–H and O–H groups in total. The number of benzene rings is 3. The van der Waals surface area contributed by atoms with Crippen molar-refractivity contribution in [3.05, 3.63) is 119 Å². The van der Waals surface area contributed by atoms with Gasteiger partial charge in [0.25, 0.3) is 15.9 Å². The van der Waals surface area contributed by atoms with Crippen molar-refractivity contribution in [2.24, 2.45) is 0 Å². The Morgan fingerprint density at radius 3 is 2.27 bits per heavy atom. The summed E-state index contributed by atoms with van der Waals surface area (Å²) < 4.78 is 34.1. The first kappa shape index (κ1) is 24.9. The van der Waals surface area contributed by atoms with Crippen LogP contribution in [0.3, 0.4) is 0 Å². The molecule has 5 rings (SSSR count). The molecule has 0 aliphatic rings. The van der Waals surface area contributed by atoms with Gasteiger partial charge in [0.05, 0.1) is 33.6 Å². The Morgan fingerprint density at radius 2 is 1.62 bits per heavy atom. The van der Waals surface area contributed by atoms with Gasteiger partial charge in [-0.1, -0.05) is 72.3 Å². The Hall–Kier alpha value is -3.79. The first-order valence-corrected chi connectivity index (χ1v) is 13.9. The number of carbonyl (C=O) groups is 1. The molecule has 186 valence electrons. The van der Waals surface area contributed by atoms with Gasteiger partial charge in [0.1, 0.15) is 0 Å². The molecular formula is C27H21ClN4O3S2. The fourth-order valence-electron chi connectivity index (χ4n) is 4.18. The van der Waals surface area contributed by atoms with E-state index in [4.69, 9.17) is 11.6 Å². The van der Waals surface area contributed by atoms with Crippen LogP contribution in [0.4, 0.5) is 5.69 Å². The summed E-state index contributed by atoms with van der Waals surface area (Å²) in [5.41, 5.74) is 2.05. The van der Waals surface area contributed by atoms with Crippen LogP contribution in [0.25, 0.3) is 10.1 Å². The Kier molecular flexibility index (Phi) is 6.92. The highest BCUT2D eigenvalue weighted by atomic mass is 35.5. The molecule has 3 aromatic carbocycles. The van der Waals surface area contributed by atoms with Crippen molar-refractivity contribution in [2.75, 3.05) is 11.8 Å². The summed E-state index contributed by atoms with van der Waals surface area (Å²) in [6.07, 6.45) is 2.88. The quantitative estimate of drug-likeness (QED) is 0.269. The van der Waals surface area contributed by atoms with E-state index in [2.05, 4.69) is 14.1 Å². The molecule has 5 aromatic rings. The zero-order chi connectivity index (χ0) is 26.0. The standard InChI is InChI=1S/C27H21ClN4O3S2/c1-32(25(18-8-4-2-5-9-18)19-10-6-3-7-11-19)27(33)21-13-12-20(28)16-23(21)31-37(34,35)26-22-17-30-36-24(22)14-15-29-26/h2-17,25,31H,1H3. The molecule has 0 atom stereocenters. The number of fused-ring (bicyclic) bond motifs is 1. The predicted molar refractivity (Wildman–Crippen MR) is 146 cm³/mol. The third kappa shape index (κ3) is 5.06. The third-order valence-electron chi connectivity index (χ3n) is 5.90. The maximum Gasteiger partial charge on any atom is 0.280 e. The van der Waals surface area contributed by atoms with E-state index in [1.807, 2.05) is 60.7 Å². The summed E-state index contributed by atoms with van der Waals surface area (Å²) in [6, 6.07) is 25.1.